The molecule has 28 heavy (non-hydrogen) atoms. The molecule has 1 unspecified atom stereocenters. The summed E-state index contributed by atoms with van der Waals surface area (Å²) in [6.07, 6.45) is -0.154. The maximum atomic E-state index is 6.19. The minimum Gasteiger partial charge on any atom is -0.490 e. The highest BCUT2D eigenvalue weighted by atomic mass is 16.5. The molecule has 1 N–H and O–H groups in total. The molecular formula is C22H26N4O2. The summed E-state index contributed by atoms with van der Waals surface area (Å²) < 4.78 is 12.1. The van der Waals surface area contributed by atoms with Crippen LogP contribution in [0.3, 0.4) is 0 Å². The molecule has 1 aliphatic rings. The Hall–Kier alpha value is -2.86. The highest BCUT2D eigenvalue weighted by Crippen LogP contribution is 2.28. The highest BCUT2D eigenvalue weighted by Gasteiger charge is 2.21. The third kappa shape index (κ3) is 4.34. The summed E-state index contributed by atoms with van der Waals surface area (Å²) in [4.78, 5) is 11.8. The van der Waals surface area contributed by atoms with Crippen LogP contribution in [0.25, 0.3) is 11.0 Å². The number of hydrogen-bond donors (Lipinski definition) is 1. The average Bonchev–Trinajstić information content (AvgIpc) is 2.73. The van der Waals surface area contributed by atoms with E-state index < -0.39 is 0 Å². The van der Waals surface area contributed by atoms with Crippen LogP contribution in [0.15, 0.2) is 48.5 Å². The van der Waals surface area contributed by atoms with Crippen molar-refractivity contribution in [3.05, 3.63) is 54.1 Å². The molecule has 6 heteroatoms. The first-order valence-corrected chi connectivity index (χ1v) is 9.77. The first-order valence-electron chi connectivity index (χ1n) is 9.77. The lowest BCUT2D eigenvalue weighted by molar-refractivity contribution is 0.138. The summed E-state index contributed by atoms with van der Waals surface area (Å²) >= 11 is 0. The van der Waals surface area contributed by atoms with Gasteiger partial charge in [0.25, 0.3) is 5.88 Å². The fourth-order valence-electron chi connectivity index (χ4n) is 3.21. The average molecular weight is 378 g/mol. The Balaban J connectivity index is 1.52. The van der Waals surface area contributed by atoms with Gasteiger partial charge in [0.05, 0.1) is 11.0 Å². The molecule has 146 valence electrons. The minimum absolute atomic E-state index is 0.154. The Morgan fingerprint density at radius 3 is 2.39 bits per heavy atom. The van der Waals surface area contributed by atoms with Gasteiger partial charge >= 0.3 is 0 Å². The van der Waals surface area contributed by atoms with Crippen molar-refractivity contribution in [2.45, 2.75) is 20.0 Å². The normalized spacial score (nSPS) is 15.4. The molecule has 0 amide bonds. The summed E-state index contributed by atoms with van der Waals surface area (Å²) in [6.45, 7) is 8.13. The van der Waals surface area contributed by atoms with Crippen LogP contribution in [0.5, 0.6) is 11.6 Å². The van der Waals surface area contributed by atoms with Gasteiger partial charge in [-0.2, -0.15) is 0 Å². The predicted octanol–water partition coefficient (Wildman–Crippen LogP) is 3.19. The van der Waals surface area contributed by atoms with Gasteiger partial charge in [-0.3, -0.25) is 0 Å². The minimum atomic E-state index is -0.154. The number of aryl methyl sites for hydroxylation is 1. The number of benzene rings is 2. The summed E-state index contributed by atoms with van der Waals surface area (Å²) in [6, 6.07) is 15.9. The van der Waals surface area contributed by atoms with Crippen molar-refractivity contribution >= 4 is 16.9 Å². The number of ether oxygens (including phenoxy) is 2. The van der Waals surface area contributed by atoms with Crippen molar-refractivity contribution in [2.24, 2.45) is 0 Å². The van der Waals surface area contributed by atoms with Crippen molar-refractivity contribution < 1.29 is 9.47 Å². The fourth-order valence-corrected chi connectivity index (χ4v) is 3.21. The van der Waals surface area contributed by atoms with Crippen LogP contribution in [0.1, 0.15) is 12.5 Å². The molecule has 2 aromatic carbocycles. The number of para-hydroxylation sites is 2. The molecule has 0 aliphatic carbocycles. The van der Waals surface area contributed by atoms with Gasteiger partial charge in [-0.15, -0.1) is 0 Å². The standard InChI is InChI=1S/C22H26N4O2/c1-16-7-9-18(10-8-16)27-15-17(2)28-22-21(26-13-11-23-12-14-26)24-19-5-3-4-6-20(19)25-22/h3-10,17,23H,11-15H2,1-2H3. The second kappa shape index (κ2) is 8.44. The first kappa shape index (κ1) is 18.5. The van der Waals surface area contributed by atoms with Gasteiger partial charge in [-0.1, -0.05) is 29.8 Å². The number of piperazine rings is 1. The van der Waals surface area contributed by atoms with Gasteiger partial charge in [0.15, 0.2) is 5.82 Å². The van der Waals surface area contributed by atoms with E-state index >= 15 is 0 Å². The van der Waals surface area contributed by atoms with Crippen LogP contribution in [-0.2, 0) is 0 Å². The van der Waals surface area contributed by atoms with E-state index in [0.29, 0.717) is 12.5 Å². The Kier molecular flexibility index (Phi) is 5.58. The van der Waals surface area contributed by atoms with E-state index in [9.17, 15) is 0 Å². The van der Waals surface area contributed by atoms with Gasteiger partial charge in [0.2, 0.25) is 0 Å². The molecular weight excluding hydrogens is 352 g/mol. The quantitative estimate of drug-likeness (QED) is 0.711. The maximum absolute atomic E-state index is 6.19. The Morgan fingerprint density at radius 2 is 1.68 bits per heavy atom. The van der Waals surface area contributed by atoms with Crippen molar-refractivity contribution in [3.8, 4) is 11.6 Å². The zero-order chi connectivity index (χ0) is 19.3. The molecule has 1 fully saturated rings. The van der Waals surface area contributed by atoms with Crippen LogP contribution >= 0.6 is 0 Å². The molecule has 4 rings (SSSR count). The van der Waals surface area contributed by atoms with Gasteiger partial charge < -0.3 is 19.7 Å². The number of rotatable bonds is 6. The van der Waals surface area contributed by atoms with Gasteiger partial charge in [-0.25, -0.2) is 9.97 Å². The first-order chi connectivity index (χ1) is 13.7. The molecule has 1 aromatic heterocycles. The molecule has 3 aromatic rings. The maximum Gasteiger partial charge on any atom is 0.258 e. The van der Waals surface area contributed by atoms with Gasteiger partial charge in [0, 0.05) is 26.2 Å². The van der Waals surface area contributed by atoms with E-state index in [4.69, 9.17) is 19.4 Å². The largest absolute Gasteiger partial charge is 0.490 e. The summed E-state index contributed by atoms with van der Waals surface area (Å²) in [5, 5.41) is 3.37. The second-order valence-corrected chi connectivity index (χ2v) is 7.13. The number of nitrogens with one attached hydrogen (secondary N) is 1. The lowest BCUT2D eigenvalue weighted by Gasteiger charge is -2.30. The van der Waals surface area contributed by atoms with Crippen molar-refractivity contribution in [1.29, 1.82) is 0 Å². The smallest absolute Gasteiger partial charge is 0.258 e. The predicted molar refractivity (Wildman–Crippen MR) is 111 cm³/mol. The molecule has 1 aliphatic heterocycles. The monoisotopic (exact) mass is 378 g/mol. The Morgan fingerprint density at radius 1 is 1.00 bits per heavy atom. The topological polar surface area (TPSA) is 59.5 Å². The van der Waals surface area contributed by atoms with E-state index in [-0.39, 0.29) is 6.10 Å². The number of nitrogens with zero attached hydrogens (tertiary/aromatic N) is 3. The number of anilines is 1. The van der Waals surface area contributed by atoms with Crippen LogP contribution in [0.2, 0.25) is 0 Å². The zero-order valence-electron chi connectivity index (χ0n) is 16.4. The van der Waals surface area contributed by atoms with Crippen LogP contribution in [0.4, 0.5) is 5.82 Å². The molecule has 0 spiro atoms. The summed E-state index contributed by atoms with van der Waals surface area (Å²) in [5.74, 6) is 2.22. The SMILES string of the molecule is Cc1ccc(OCC(C)Oc2nc3ccccc3nc2N2CCNCC2)cc1. The van der Waals surface area contributed by atoms with E-state index in [1.807, 2.05) is 55.5 Å². The molecule has 6 nitrogen and oxygen atoms in total. The van der Waals surface area contributed by atoms with Crippen LogP contribution < -0.4 is 19.7 Å². The van der Waals surface area contributed by atoms with Gasteiger partial charge in [0.1, 0.15) is 18.5 Å². The number of fused-ring (bicyclic) bond motifs is 1. The Labute approximate surface area is 165 Å². The van der Waals surface area contributed by atoms with Crippen LogP contribution in [-0.4, -0.2) is 48.9 Å². The molecule has 1 atom stereocenters. The lowest BCUT2D eigenvalue weighted by atomic mass is 10.2. The molecule has 0 bridgehead atoms. The molecule has 1 saturated heterocycles. The van der Waals surface area contributed by atoms with E-state index in [1.165, 1.54) is 5.56 Å². The number of aromatic nitrogens is 2. The van der Waals surface area contributed by atoms with Gasteiger partial charge in [-0.05, 0) is 38.1 Å². The molecule has 0 saturated carbocycles. The zero-order valence-corrected chi connectivity index (χ0v) is 16.4. The Bertz CT molecular complexity index is 923. The van der Waals surface area contributed by atoms with Crippen molar-refractivity contribution in [3.63, 3.8) is 0 Å². The third-order valence-electron chi connectivity index (χ3n) is 4.76. The fraction of sp³-hybridized carbons (Fsp3) is 0.364. The highest BCUT2D eigenvalue weighted by molar-refractivity contribution is 5.77. The van der Waals surface area contributed by atoms with Crippen molar-refractivity contribution in [1.82, 2.24) is 15.3 Å². The third-order valence-corrected chi connectivity index (χ3v) is 4.76. The van der Waals surface area contributed by atoms with E-state index in [0.717, 1.165) is 48.8 Å². The molecule has 0 radical (unpaired) electrons. The summed E-state index contributed by atoms with van der Waals surface area (Å²) in [7, 11) is 0. The van der Waals surface area contributed by atoms with Crippen molar-refractivity contribution in [2.75, 3.05) is 37.7 Å². The lowest BCUT2D eigenvalue weighted by Crippen LogP contribution is -2.44. The number of hydrogen-bond acceptors (Lipinski definition) is 6. The molecule has 2 heterocycles. The summed E-state index contributed by atoms with van der Waals surface area (Å²) in [5.41, 5.74) is 2.93. The van der Waals surface area contributed by atoms with Crippen LogP contribution in [0, 0.1) is 6.92 Å². The van der Waals surface area contributed by atoms with E-state index in [1.54, 1.807) is 0 Å². The second-order valence-electron chi connectivity index (χ2n) is 7.13. The van der Waals surface area contributed by atoms with E-state index in [2.05, 4.69) is 17.1 Å².